The summed E-state index contributed by atoms with van der Waals surface area (Å²) in [5.74, 6) is 1.27. The van der Waals surface area contributed by atoms with E-state index >= 15 is 0 Å². The second-order valence-electron chi connectivity index (χ2n) is 8.02. The van der Waals surface area contributed by atoms with Gasteiger partial charge in [0.05, 0.1) is 12.8 Å². The maximum absolute atomic E-state index is 12.9. The number of piperazine rings is 1. The molecule has 2 amide bonds. The van der Waals surface area contributed by atoms with Crippen LogP contribution < -0.4 is 0 Å². The molecule has 6 heteroatoms. The molecule has 2 saturated heterocycles. The van der Waals surface area contributed by atoms with Crippen LogP contribution in [-0.2, 0) is 16.1 Å². The fourth-order valence-electron chi connectivity index (χ4n) is 4.19. The molecule has 0 spiro atoms. The van der Waals surface area contributed by atoms with Gasteiger partial charge in [-0.1, -0.05) is 30.3 Å². The SMILES string of the molecule is O=C(/C=C/c1ccccc1)N1CCC(C(=O)N2CCN(Cc3ccco3)CC2)CC1. The number of carbonyl (C=O) groups is 2. The monoisotopic (exact) mass is 407 g/mol. The number of nitrogens with zero attached hydrogens (tertiary/aromatic N) is 3. The third-order valence-electron chi connectivity index (χ3n) is 6.02. The van der Waals surface area contributed by atoms with E-state index < -0.39 is 0 Å². The molecule has 2 aliphatic rings. The van der Waals surface area contributed by atoms with Crippen LogP contribution >= 0.6 is 0 Å². The van der Waals surface area contributed by atoms with E-state index in [0.717, 1.165) is 56.9 Å². The van der Waals surface area contributed by atoms with E-state index in [4.69, 9.17) is 4.42 Å². The first-order valence-electron chi connectivity index (χ1n) is 10.7. The summed E-state index contributed by atoms with van der Waals surface area (Å²) in [6, 6.07) is 13.7. The summed E-state index contributed by atoms with van der Waals surface area (Å²) >= 11 is 0. The lowest BCUT2D eigenvalue weighted by Crippen LogP contribution is -2.51. The van der Waals surface area contributed by atoms with Crippen molar-refractivity contribution in [3.8, 4) is 0 Å². The molecule has 2 aliphatic heterocycles. The Balaban J connectivity index is 1.21. The highest BCUT2D eigenvalue weighted by molar-refractivity contribution is 5.92. The third kappa shape index (κ3) is 5.19. The van der Waals surface area contributed by atoms with Crippen LogP contribution in [0.1, 0.15) is 24.2 Å². The van der Waals surface area contributed by atoms with E-state index in [-0.39, 0.29) is 17.7 Å². The van der Waals surface area contributed by atoms with Gasteiger partial charge in [0.25, 0.3) is 0 Å². The van der Waals surface area contributed by atoms with E-state index in [1.165, 1.54) is 0 Å². The van der Waals surface area contributed by atoms with Crippen molar-refractivity contribution in [1.82, 2.24) is 14.7 Å². The molecule has 30 heavy (non-hydrogen) atoms. The molecule has 0 saturated carbocycles. The predicted octanol–water partition coefficient (Wildman–Crippen LogP) is 2.88. The standard InChI is InChI=1S/C24H29N3O3/c28-23(9-8-20-5-2-1-3-6-20)26-12-10-21(11-13-26)24(29)27-16-14-25(15-17-27)19-22-7-4-18-30-22/h1-9,18,21H,10-17,19H2/b9-8+. The third-order valence-corrected chi connectivity index (χ3v) is 6.02. The van der Waals surface area contributed by atoms with E-state index in [1.54, 1.807) is 12.3 Å². The Morgan fingerprint density at radius 1 is 0.900 bits per heavy atom. The van der Waals surface area contributed by atoms with Crippen LogP contribution in [0, 0.1) is 5.92 Å². The highest BCUT2D eigenvalue weighted by Crippen LogP contribution is 2.21. The van der Waals surface area contributed by atoms with Gasteiger partial charge in [-0.15, -0.1) is 0 Å². The summed E-state index contributed by atoms with van der Waals surface area (Å²) < 4.78 is 5.42. The van der Waals surface area contributed by atoms with Gasteiger partial charge >= 0.3 is 0 Å². The van der Waals surface area contributed by atoms with Gasteiger partial charge in [0, 0.05) is 51.3 Å². The summed E-state index contributed by atoms with van der Waals surface area (Å²) in [6.07, 6.45) is 6.67. The average molecular weight is 408 g/mol. The molecule has 0 unspecified atom stereocenters. The topological polar surface area (TPSA) is 57.0 Å². The van der Waals surface area contributed by atoms with Crippen molar-refractivity contribution in [2.24, 2.45) is 5.92 Å². The molecular weight excluding hydrogens is 378 g/mol. The van der Waals surface area contributed by atoms with Gasteiger partial charge in [0.1, 0.15) is 5.76 Å². The van der Waals surface area contributed by atoms with Crippen LogP contribution in [0.5, 0.6) is 0 Å². The Bertz CT molecular complexity index is 847. The first-order valence-corrected chi connectivity index (χ1v) is 10.7. The molecule has 0 atom stereocenters. The van der Waals surface area contributed by atoms with E-state index in [0.29, 0.717) is 13.1 Å². The molecule has 6 nitrogen and oxygen atoms in total. The lowest BCUT2D eigenvalue weighted by atomic mass is 9.95. The van der Waals surface area contributed by atoms with Crippen LogP contribution in [0.15, 0.2) is 59.2 Å². The van der Waals surface area contributed by atoms with Gasteiger partial charge in [-0.3, -0.25) is 14.5 Å². The minimum atomic E-state index is 0.0243. The smallest absolute Gasteiger partial charge is 0.246 e. The Kier molecular flexibility index (Phi) is 6.64. The number of likely N-dealkylation sites (tertiary alicyclic amines) is 1. The minimum absolute atomic E-state index is 0.0243. The van der Waals surface area contributed by atoms with Crippen LogP contribution in [0.2, 0.25) is 0 Å². The second-order valence-corrected chi connectivity index (χ2v) is 8.02. The van der Waals surface area contributed by atoms with Crippen molar-refractivity contribution in [2.45, 2.75) is 19.4 Å². The molecular formula is C24H29N3O3. The van der Waals surface area contributed by atoms with E-state index in [2.05, 4.69) is 4.90 Å². The van der Waals surface area contributed by atoms with Crippen molar-refractivity contribution >= 4 is 17.9 Å². The zero-order chi connectivity index (χ0) is 20.8. The van der Waals surface area contributed by atoms with Crippen molar-refractivity contribution < 1.29 is 14.0 Å². The Hall–Kier alpha value is -2.86. The Morgan fingerprint density at radius 2 is 1.63 bits per heavy atom. The van der Waals surface area contributed by atoms with Crippen LogP contribution in [-0.4, -0.2) is 65.8 Å². The summed E-state index contributed by atoms with van der Waals surface area (Å²) in [5.41, 5.74) is 1.02. The average Bonchev–Trinajstić information content (AvgIpc) is 3.31. The highest BCUT2D eigenvalue weighted by atomic mass is 16.3. The summed E-state index contributed by atoms with van der Waals surface area (Å²) in [4.78, 5) is 31.6. The molecule has 1 aromatic carbocycles. The maximum Gasteiger partial charge on any atom is 0.246 e. The summed E-state index contributed by atoms with van der Waals surface area (Å²) in [6.45, 7) is 5.35. The first kappa shape index (κ1) is 20.4. The molecule has 0 radical (unpaired) electrons. The van der Waals surface area contributed by atoms with Gasteiger partial charge in [-0.25, -0.2) is 0 Å². The quantitative estimate of drug-likeness (QED) is 0.716. The lowest BCUT2D eigenvalue weighted by Gasteiger charge is -2.38. The largest absolute Gasteiger partial charge is 0.468 e. The minimum Gasteiger partial charge on any atom is -0.468 e. The second kappa shape index (κ2) is 9.76. The number of furan rings is 1. The number of rotatable bonds is 5. The Labute approximate surface area is 177 Å². The van der Waals surface area contributed by atoms with Gasteiger partial charge in [0.2, 0.25) is 11.8 Å². The number of amides is 2. The van der Waals surface area contributed by atoms with Crippen LogP contribution in [0.3, 0.4) is 0 Å². The molecule has 2 fully saturated rings. The van der Waals surface area contributed by atoms with Crippen LogP contribution in [0.4, 0.5) is 0 Å². The van der Waals surface area contributed by atoms with Gasteiger partial charge < -0.3 is 14.2 Å². The molecule has 0 N–H and O–H groups in total. The molecule has 3 heterocycles. The fraction of sp³-hybridized carbons (Fsp3) is 0.417. The molecule has 2 aromatic rings. The molecule has 1 aromatic heterocycles. The van der Waals surface area contributed by atoms with E-state index in [9.17, 15) is 9.59 Å². The fourth-order valence-corrected chi connectivity index (χ4v) is 4.19. The van der Waals surface area contributed by atoms with E-state index in [1.807, 2.05) is 58.3 Å². The predicted molar refractivity (Wildman–Crippen MR) is 115 cm³/mol. The number of piperidine rings is 1. The summed E-state index contributed by atoms with van der Waals surface area (Å²) in [5, 5.41) is 0. The first-order chi connectivity index (χ1) is 14.7. The number of hydrogen-bond donors (Lipinski definition) is 0. The normalized spacial score (nSPS) is 18.8. The zero-order valence-electron chi connectivity index (χ0n) is 17.3. The number of hydrogen-bond acceptors (Lipinski definition) is 4. The summed E-state index contributed by atoms with van der Waals surface area (Å²) in [7, 11) is 0. The lowest BCUT2D eigenvalue weighted by molar-refractivity contribution is -0.141. The van der Waals surface area contributed by atoms with Gasteiger partial charge in [-0.05, 0) is 36.6 Å². The number of carbonyl (C=O) groups excluding carboxylic acids is 2. The molecule has 158 valence electrons. The molecule has 0 bridgehead atoms. The number of benzene rings is 1. The van der Waals surface area contributed by atoms with Gasteiger partial charge in [0.15, 0.2) is 0 Å². The van der Waals surface area contributed by atoms with Crippen LogP contribution in [0.25, 0.3) is 6.08 Å². The molecule has 4 rings (SSSR count). The maximum atomic E-state index is 12.9. The van der Waals surface area contributed by atoms with Crippen molar-refractivity contribution in [3.05, 3.63) is 66.1 Å². The van der Waals surface area contributed by atoms with Crippen molar-refractivity contribution in [1.29, 1.82) is 0 Å². The van der Waals surface area contributed by atoms with Crippen molar-refractivity contribution in [2.75, 3.05) is 39.3 Å². The van der Waals surface area contributed by atoms with Gasteiger partial charge in [-0.2, -0.15) is 0 Å². The highest BCUT2D eigenvalue weighted by Gasteiger charge is 2.31. The molecule has 0 aliphatic carbocycles. The zero-order valence-corrected chi connectivity index (χ0v) is 17.3. The van der Waals surface area contributed by atoms with Crippen molar-refractivity contribution in [3.63, 3.8) is 0 Å². The Morgan fingerprint density at radius 3 is 2.30 bits per heavy atom.